The van der Waals surface area contributed by atoms with Gasteiger partial charge in [0.1, 0.15) is 0 Å². The molecule has 0 saturated heterocycles. The summed E-state index contributed by atoms with van der Waals surface area (Å²) >= 11 is 0. The number of methoxy groups -OCH3 is 1. The number of nitrogens with zero attached hydrogens (tertiary/aromatic N) is 1. The number of para-hydroxylation sites is 1. The Morgan fingerprint density at radius 3 is 2.55 bits per heavy atom. The summed E-state index contributed by atoms with van der Waals surface area (Å²) in [6.45, 7) is 0.635. The average molecular weight is 293 g/mol. The van der Waals surface area contributed by atoms with Crippen molar-refractivity contribution >= 4 is 23.2 Å². The van der Waals surface area contributed by atoms with Gasteiger partial charge in [0.05, 0.1) is 12.7 Å². The van der Waals surface area contributed by atoms with Crippen LogP contribution in [-0.4, -0.2) is 23.9 Å². The normalized spacial score (nSPS) is 10.6. The van der Waals surface area contributed by atoms with Crippen molar-refractivity contribution in [3.05, 3.63) is 71.4 Å². The number of rotatable bonds is 4. The van der Waals surface area contributed by atoms with Gasteiger partial charge in [-0.15, -0.1) is 0 Å². The molecule has 1 heterocycles. The number of hydrogen-bond acceptors (Lipinski definition) is 3. The fraction of sp³-hybridized carbons (Fsp3) is 0.111. The fourth-order valence-electron chi connectivity index (χ4n) is 2.56. The Morgan fingerprint density at radius 1 is 1.14 bits per heavy atom. The molecule has 0 aliphatic rings. The maximum Gasteiger partial charge on any atom is 0.337 e. The number of ether oxygens (including phenoxy) is 1. The highest BCUT2D eigenvalue weighted by molar-refractivity contribution is 5.97. The Hall–Kier alpha value is -2.88. The zero-order valence-electron chi connectivity index (χ0n) is 12.2. The lowest BCUT2D eigenvalue weighted by Crippen LogP contribution is -2.02. The molecule has 0 saturated carbocycles. The van der Waals surface area contributed by atoms with Gasteiger partial charge in [-0.1, -0.05) is 30.3 Å². The van der Waals surface area contributed by atoms with Crippen molar-refractivity contribution in [2.45, 2.75) is 6.54 Å². The summed E-state index contributed by atoms with van der Waals surface area (Å²) in [4.78, 5) is 22.6. The van der Waals surface area contributed by atoms with Crippen molar-refractivity contribution in [1.29, 1.82) is 0 Å². The number of carbonyl (C=O) groups is 2. The summed E-state index contributed by atoms with van der Waals surface area (Å²) in [5.74, 6) is -0.346. The van der Waals surface area contributed by atoms with Crippen LogP contribution >= 0.6 is 0 Å². The second kappa shape index (κ2) is 5.85. The molecule has 0 bridgehead atoms. The van der Waals surface area contributed by atoms with E-state index in [2.05, 4.69) is 4.74 Å². The third-order valence-corrected chi connectivity index (χ3v) is 3.67. The van der Waals surface area contributed by atoms with E-state index in [-0.39, 0.29) is 5.97 Å². The van der Waals surface area contributed by atoms with Gasteiger partial charge in [0.2, 0.25) is 0 Å². The minimum atomic E-state index is -0.346. The van der Waals surface area contributed by atoms with Gasteiger partial charge >= 0.3 is 5.97 Å². The van der Waals surface area contributed by atoms with Gasteiger partial charge in [0.15, 0.2) is 6.29 Å². The quantitative estimate of drug-likeness (QED) is 0.548. The molecule has 0 fully saturated rings. The highest BCUT2D eigenvalue weighted by Gasteiger charge is 2.08. The van der Waals surface area contributed by atoms with E-state index in [0.717, 1.165) is 22.8 Å². The topological polar surface area (TPSA) is 48.3 Å². The van der Waals surface area contributed by atoms with E-state index >= 15 is 0 Å². The first-order chi connectivity index (χ1) is 10.7. The van der Waals surface area contributed by atoms with E-state index in [0.29, 0.717) is 17.7 Å². The van der Waals surface area contributed by atoms with Gasteiger partial charge in [0, 0.05) is 29.2 Å². The molecule has 0 aliphatic carbocycles. The molecular weight excluding hydrogens is 278 g/mol. The van der Waals surface area contributed by atoms with Crippen molar-refractivity contribution in [3.8, 4) is 0 Å². The highest BCUT2D eigenvalue weighted by atomic mass is 16.5. The molecule has 110 valence electrons. The molecule has 4 heteroatoms. The Labute approximate surface area is 127 Å². The van der Waals surface area contributed by atoms with Crippen LogP contribution in [0.1, 0.15) is 26.3 Å². The molecule has 0 spiro atoms. The molecular formula is C18H15NO3. The molecule has 4 nitrogen and oxygen atoms in total. The molecule has 3 rings (SSSR count). The van der Waals surface area contributed by atoms with Gasteiger partial charge in [-0.05, 0) is 23.8 Å². The summed E-state index contributed by atoms with van der Waals surface area (Å²) < 4.78 is 6.72. The number of benzene rings is 2. The van der Waals surface area contributed by atoms with E-state index in [1.807, 2.05) is 47.2 Å². The minimum absolute atomic E-state index is 0.346. The number of fused-ring (bicyclic) bond motifs is 1. The lowest BCUT2D eigenvalue weighted by atomic mass is 10.1. The summed E-state index contributed by atoms with van der Waals surface area (Å²) in [6, 6.07) is 15.1. The Morgan fingerprint density at radius 2 is 1.86 bits per heavy atom. The Bertz CT molecular complexity index is 831. The molecule has 22 heavy (non-hydrogen) atoms. The molecule has 0 unspecified atom stereocenters. The zero-order valence-corrected chi connectivity index (χ0v) is 12.2. The van der Waals surface area contributed by atoms with Crippen molar-refractivity contribution in [1.82, 2.24) is 4.57 Å². The van der Waals surface area contributed by atoms with Crippen LogP contribution in [0.25, 0.3) is 10.9 Å². The van der Waals surface area contributed by atoms with Gasteiger partial charge in [-0.25, -0.2) is 4.79 Å². The Balaban J connectivity index is 1.93. The van der Waals surface area contributed by atoms with Crippen LogP contribution in [0.15, 0.2) is 54.7 Å². The summed E-state index contributed by atoms with van der Waals surface area (Å²) in [5.41, 5.74) is 3.27. The van der Waals surface area contributed by atoms with Crippen LogP contribution in [0.3, 0.4) is 0 Å². The summed E-state index contributed by atoms with van der Waals surface area (Å²) in [6.07, 6.45) is 2.73. The zero-order chi connectivity index (χ0) is 15.5. The predicted molar refractivity (Wildman–Crippen MR) is 84.2 cm³/mol. The van der Waals surface area contributed by atoms with Gasteiger partial charge in [-0.3, -0.25) is 4.79 Å². The fourth-order valence-corrected chi connectivity index (χ4v) is 2.56. The van der Waals surface area contributed by atoms with Crippen molar-refractivity contribution in [3.63, 3.8) is 0 Å². The first-order valence-electron chi connectivity index (χ1n) is 6.93. The lowest BCUT2D eigenvalue weighted by molar-refractivity contribution is 0.0600. The molecule has 2 aromatic carbocycles. The van der Waals surface area contributed by atoms with Gasteiger partial charge in [-0.2, -0.15) is 0 Å². The number of esters is 1. The molecule has 3 aromatic rings. The number of carbonyl (C=O) groups excluding carboxylic acids is 2. The minimum Gasteiger partial charge on any atom is -0.465 e. The number of hydrogen-bond donors (Lipinski definition) is 0. The molecule has 0 radical (unpaired) electrons. The maximum atomic E-state index is 11.4. The lowest BCUT2D eigenvalue weighted by Gasteiger charge is -2.06. The van der Waals surface area contributed by atoms with Crippen LogP contribution in [0, 0.1) is 0 Å². The van der Waals surface area contributed by atoms with Crippen LogP contribution in [0.2, 0.25) is 0 Å². The van der Waals surface area contributed by atoms with Crippen LogP contribution < -0.4 is 0 Å². The predicted octanol–water partition coefficient (Wildman–Crippen LogP) is 3.29. The third kappa shape index (κ3) is 2.51. The average Bonchev–Trinajstić information content (AvgIpc) is 2.93. The van der Waals surface area contributed by atoms with Crippen molar-refractivity contribution in [2.24, 2.45) is 0 Å². The van der Waals surface area contributed by atoms with Gasteiger partial charge in [0.25, 0.3) is 0 Å². The van der Waals surface area contributed by atoms with Crippen molar-refractivity contribution in [2.75, 3.05) is 7.11 Å². The molecule has 0 amide bonds. The third-order valence-electron chi connectivity index (χ3n) is 3.67. The molecule has 1 aromatic heterocycles. The molecule has 0 atom stereocenters. The highest BCUT2D eigenvalue weighted by Crippen LogP contribution is 2.21. The van der Waals surface area contributed by atoms with Gasteiger partial charge < -0.3 is 9.30 Å². The second-order valence-electron chi connectivity index (χ2n) is 5.04. The van der Waals surface area contributed by atoms with Crippen LogP contribution in [0.5, 0.6) is 0 Å². The maximum absolute atomic E-state index is 11.4. The number of aromatic nitrogens is 1. The SMILES string of the molecule is COC(=O)c1ccc(Cn2cc(C=O)c3ccccc32)cc1. The second-order valence-corrected chi connectivity index (χ2v) is 5.04. The number of aldehydes is 1. The summed E-state index contributed by atoms with van der Waals surface area (Å²) in [7, 11) is 1.36. The van der Waals surface area contributed by atoms with Crippen LogP contribution in [0.4, 0.5) is 0 Å². The van der Waals surface area contributed by atoms with E-state index in [4.69, 9.17) is 0 Å². The first-order valence-corrected chi connectivity index (χ1v) is 6.93. The van der Waals surface area contributed by atoms with E-state index < -0.39 is 0 Å². The Kier molecular flexibility index (Phi) is 3.74. The largest absolute Gasteiger partial charge is 0.465 e. The van der Waals surface area contributed by atoms with E-state index in [1.54, 1.807) is 12.1 Å². The monoisotopic (exact) mass is 293 g/mol. The van der Waals surface area contributed by atoms with Crippen LogP contribution in [-0.2, 0) is 11.3 Å². The van der Waals surface area contributed by atoms with E-state index in [1.165, 1.54) is 7.11 Å². The van der Waals surface area contributed by atoms with E-state index in [9.17, 15) is 9.59 Å². The molecule has 0 aliphatic heterocycles. The summed E-state index contributed by atoms with van der Waals surface area (Å²) in [5, 5.41) is 0.948. The standard InChI is InChI=1S/C18H15NO3/c1-22-18(21)14-8-6-13(7-9-14)10-19-11-15(12-20)16-4-2-3-5-17(16)19/h2-9,11-12H,10H2,1H3. The smallest absolute Gasteiger partial charge is 0.337 e. The van der Waals surface area contributed by atoms with Crippen molar-refractivity contribution < 1.29 is 14.3 Å². The molecule has 0 N–H and O–H groups in total. The first kappa shape index (κ1) is 14.1.